The largest absolute Gasteiger partial charge is 0.352 e. The number of hydrogen-bond acceptors (Lipinski definition) is 3. The molecule has 15 heavy (non-hydrogen) atoms. The molecule has 0 bridgehead atoms. The van der Waals surface area contributed by atoms with Crippen molar-refractivity contribution in [2.75, 3.05) is 32.7 Å². The van der Waals surface area contributed by atoms with E-state index in [0.29, 0.717) is 12.5 Å². The van der Waals surface area contributed by atoms with Crippen LogP contribution in [-0.4, -0.2) is 49.6 Å². The number of rotatable bonds is 4. The molecule has 0 aliphatic carbocycles. The van der Waals surface area contributed by atoms with Crippen LogP contribution in [0, 0.1) is 5.92 Å². The van der Waals surface area contributed by atoms with Crippen molar-refractivity contribution in [1.29, 1.82) is 0 Å². The second-order valence-corrected chi connectivity index (χ2v) is 4.63. The van der Waals surface area contributed by atoms with Gasteiger partial charge in [-0.3, -0.25) is 9.69 Å². The lowest BCUT2D eigenvalue weighted by Gasteiger charge is -2.27. The van der Waals surface area contributed by atoms with E-state index in [4.69, 9.17) is 0 Å². The third kappa shape index (κ3) is 4.62. The Morgan fingerprint density at radius 2 is 1.93 bits per heavy atom. The van der Waals surface area contributed by atoms with Gasteiger partial charge in [0.1, 0.15) is 0 Å². The summed E-state index contributed by atoms with van der Waals surface area (Å²) in [7, 11) is 0. The van der Waals surface area contributed by atoms with Gasteiger partial charge in [-0.05, 0) is 12.8 Å². The lowest BCUT2D eigenvalue weighted by atomic mass is 10.1. The number of carbonyl (C=O) groups excluding carboxylic acids is 1. The van der Waals surface area contributed by atoms with Crippen LogP contribution < -0.4 is 10.6 Å². The Morgan fingerprint density at radius 3 is 2.47 bits per heavy atom. The van der Waals surface area contributed by atoms with Gasteiger partial charge in [0, 0.05) is 32.2 Å². The maximum Gasteiger partial charge on any atom is 0.234 e. The molecule has 1 heterocycles. The zero-order valence-electron chi connectivity index (χ0n) is 10.0. The molecule has 1 fully saturated rings. The summed E-state index contributed by atoms with van der Waals surface area (Å²) in [6.45, 7) is 10.8. The van der Waals surface area contributed by atoms with Gasteiger partial charge in [0.15, 0.2) is 0 Å². The summed E-state index contributed by atoms with van der Waals surface area (Å²) in [5.41, 5.74) is 0. The van der Waals surface area contributed by atoms with Crippen molar-refractivity contribution in [1.82, 2.24) is 15.5 Å². The van der Waals surface area contributed by atoms with E-state index in [-0.39, 0.29) is 11.9 Å². The van der Waals surface area contributed by atoms with Gasteiger partial charge in [-0.2, -0.15) is 0 Å². The fourth-order valence-electron chi connectivity index (χ4n) is 1.54. The normalized spacial score (nSPS) is 20.3. The Labute approximate surface area is 92.4 Å². The second-order valence-electron chi connectivity index (χ2n) is 4.63. The van der Waals surface area contributed by atoms with Crippen LogP contribution in [0.5, 0.6) is 0 Å². The molecule has 1 saturated heterocycles. The van der Waals surface area contributed by atoms with Gasteiger partial charge >= 0.3 is 0 Å². The van der Waals surface area contributed by atoms with Crippen molar-refractivity contribution < 1.29 is 4.79 Å². The minimum atomic E-state index is 0.151. The SMILES string of the molecule is CC(C)C(C)NC(=O)CN1CCNCC1. The lowest BCUT2D eigenvalue weighted by Crippen LogP contribution is -2.49. The summed E-state index contributed by atoms with van der Waals surface area (Å²) < 4.78 is 0. The van der Waals surface area contributed by atoms with Gasteiger partial charge in [0.05, 0.1) is 6.54 Å². The molecule has 0 saturated carbocycles. The third-order valence-corrected chi connectivity index (χ3v) is 2.97. The number of amides is 1. The van der Waals surface area contributed by atoms with Crippen molar-refractivity contribution in [3.8, 4) is 0 Å². The topological polar surface area (TPSA) is 44.4 Å². The molecule has 0 radical (unpaired) electrons. The number of piperazine rings is 1. The molecule has 0 spiro atoms. The number of nitrogens with zero attached hydrogens (tertiary/aromatic N) is 1. The zero-order chi connectivity index (χ0) is 11.3. The van der Waals surface area contributed by atoms with E-state index in [2.05, 4.69) is 36.3 Å². The minimum absolute atomic E-state index is 0.151. The Kier molecular flexibility index (Phi) is 5.05. The van der Waals surface area contributed by atoms with E-state index in [1.165, 1.54) is 0 Å². The van der Waals surface area contributed by atoms with Crippen LogP contribution in [-0.2, 0) is 4.79 Å². The molecule has 1 amide bonds. The quantitative estimate of drug-likeness (QED) is 0.694. The molecule has 4 nitrogen and oxygen atoms in total. The minimum Gasteiger partial charge on any atom is -0.352 e. The van der Waals surface area contributed by atoms with E-state index < -0.39 is 0 Å². The Balaban J connectivity index is 2.22. The Morgan fingerprint density at radius 1 is 1.33 bits per heavy atom. The first-order valence-electron chi connectivity index (χ1n) is 5.82. The molecule has 1 aliphatic heterocycles. The highest BCUT2D eigenvalue weighted by molar-refractivity contribution is 5.78. The van der Waals surface area contributed by atoms with E-state index in [0.717, 1.165) is 26.2 Å². The lowest BCUT2D eigenvalue weighted by molar-refractivity contribution is -0.123. The number of carbonyl (C=O) groups is 1. The predicted molar refractivity (Wildman–Crippen MR) is 61.8 cm³/mol. The summed E-state index contributed by atoms with van der Waals surface area (Å²) in [4.78, 5) is 13.8. The first kappa shape index (κ1) is 12.5. The number of hydrogen-bond donors (Lipinski definition) is 2. The van der Waals surface area contributed by atoms with Crippen molar-refractivity contribution >= 4 is 5.91 Å². The zero-order valence-corrected chi connectivity index (χ0v) is 10.0. The van der Waals surface area contributed by atoms with Crippen LogP contribution >= 0.6 is 0 Å². The van der Waals surface area contributed by atoms with Gasteiger partial charge < -0.3 is 10.6 Å². The predicted octanol–water partition coefficient (Wildman–Crippen LogP) is 0.0523. The highest BCUT2D eigenvalue weighted by Gasteiger charge is 2.15. The fraction of sp³-hybridized carbons (Fsp3) is 0.909. The average Bonchev–Trinajstić information content (AvgIpc) is 2.18. The highest BCUT2D eigenvalue weighted by atomic mass is 16.2. The molecule has 1 atom stereocenters. The molecule has 0 aromatic carbocycles. The van der Waals surface area contributed by atoms with Crippen LogP contribution in [0.25, 0.3) is 0 Å². The number of nitrogens with one attached hydrogen (secondary N) is 2. The van der Waals surface area contributed by atoms with E-state index in [1.54, 1.807) is 0 Å². The van der Waals surface area contributed by atoms with Crippen LogP contribution in [0.15, 0.2) is 0 Å². The van der Waals surface area contributed by atoms with Gasteiger partial charge in [-0.1, -0.05) is 13.8 Å². The summed E-state index contributed by atoms with van der Waals surface area (Å²) in [5, 5.41) is 6.30. The maximum atomic E-state index is 11.7. The first-order chi connectivity index (χ1) is 7.09. The first-order valence-corrected chi connectivity index (χ1v) is 5.82. The van der Waals surface area contributed by atoms with Gasteiger partial charge in [0.2, 0.25) is 5.91 Å². The summed E-state index contributed by atoms with van der Waals surface area (Å²) >= 11 is 0. The van der Waals surface area contributed by atoms with Crippen molar-refractivity contribution in [2.45, 2.75) is 26.8 Å². The molecule has 1 rings (SSSR count). The van der Waals surface area contributed by atoms with Crippen LogP contribution in [0.1, 0.15) is 20.8 Å². The molecule has 2 N–H and O–H groups in total. The average molecular weight is 213 g/mol. The van der Waals surface area contributed by atoms with Crippen molar-refractivity contribution in [3.05, 3.63) is 0 Å². The van der Waals surface area contributed by atoms with E-state index in [9.17, 15) is 4.79 Å². The maximum absolute atomic E-state index is 11.7. The summed E-state index contributed by atoms with van der Waals surface area (Å²) in [5.74, 6) is 0.648. The standard InChI is InChI=1S/C11H23N3O/c1-9(2)10(3)13-11(15)8-14-6-4-12-5-7-14/h9-10,12H,4-8H2,1-3H3,(H,13,15). The highest BCUT2D eigenvalue weighted by Crippen LogP contribution is 2.00. The molecular weight excluding hydrogens is 190 g/mol. The monoisotopic (exact) mass is 213 g/mol. The Bertz CT molecular complexity index is 200. The Hall–Kier alpha value is -0.610. The molecular formula is C11H23N3O. The summed E-state index contributed by atoms with van der Waals surface area (Å²) in [6, 6.07) is 0.264. The van der Waals surface area contributed by atoms with Crippen molar-refractivity contribution in [2.24, 2.45) is 5.92 Å². The molecule has 0 aromatic rings. The molecule has 0 aromatic heterocycles. The fourth-order valence-corrected chi connectivity index (χ4v) is 1.54. The van der Waals surface area contributed by atoms with E-state index >= 15 is 0 Å². The van der Waals surface area contributed by atoms with E-state index in [1.807, 2.05) is 0 Å². The van der Waals surface area contributed by atoms with Crippen LogP contribution in [0.3, 0.4) is 0 Å². The molecule has 1 aliphatic rings. The van der Waals surface area contributed by atoms with Crippen LogP contribution in [0.2, 0.25) is 0 Å². The molecule has 1 unspecified atom stereocenters. The van der Waals surface area contributed by atoms with Gasteiger partial charge in [-0.15, -0.1) is 0 Å². The summed E-state index contributed by atoms with van der Waals surface area (Å²) in [6.07, 6.45) is 0. The molecule has 88 valence electrons. The van der Waals surface area contributed by atoms with Gasteiger partial charge in [-0.25, -0.2) is 0 Å². The molecule has 4 heteroatoms. The van der Waals surface area contributed by atoms with Gasteiger partial charge in [0.25, 0.3) is 0 Å². The smallest absolute Gasteiger partial charge is 0.234 e. The van der Waals surface area contributed by atoms with Crippen LogP contribution in [0.4, 0.5) is 0 Å². The second kappa shape index (κ2) is 6.08. The van der Waals surface area contributed by atoms with Crippen molar-refractivity contribution in [3.63, 3.8) is 0 Å². The third-order valence-electron chi connectivity index (χ3n) is 2.97.